The Morgan fingerprint density at radius 1 is 1.13 bits per heavy atom. The van der Waals surface area contributed by atoms with E-state index in [1.807, 2.05) is 26.0 Å². The van der Waals surface area contributed by atoms with Gasteiger partial charge in [-0.3, -0.25) is 9.69 Å². The van der Waals surface area contributed by atoms with Crippen molar-refractivity contribution in [3.63, 3.8) is 0 Å². The van der Waals surface area contributed by atoms with E-state index in [9.17, 15) is 19.8 Å². The van der Waals surface area contributed by atoms with Crippen LogP contribution < -0.4 is 0 Å². The number of benzene rings is 1. The number of ether oxygens (including phenoxy) is 2. The molecule has 1 aliphatic heterocycles. The quantitative estimate of drug-likeness (QED) is 0.688. The van der Waals surface area contributed by atoms with Gasteiger partial charge in [0.2, 0.25) is 0 Å². The standard InChI is InChI=1S/C24H31NO6/c1-5-30-20(27)15-24(29)11-10-23(3,4)21-17(24)13-16(14-19(21)26)18-9-7-8-12-25(18)22(28)31-6-2/h7-9,13-14,26,29H,5-6,10-12,15H2,1-4H3. The van der Waals surface area contributed by atoms with Crippen LogP contribution in [-0.4, -0.2) is 46.9 Å². The maximum atomic E-state index is 12.5. The van der Waals surface area contributed by atoms with E-state index in [1.54, 1.807) is 32.1 Å². The number of phenols is 1. The molecule has 0 spiro atoms. The molecule has 0 aromatic heterocycles. The topological polar surface area (TPSA) is 96.3 Å². The van der Waals surface area contributed by atoms with E-state index in [2.05, 4.69) is 0 Å². The average Bonchev–Trinajstić information content (AvgIpc) is 2.71. The first-order chi connectivity index (χ1) is 14.6. The monoisotopic (exact) mass is 429 g/mol. The largest absolute Gasteiger partial charge is 0.508 e. The van der Waals surface area contributed by atoms with Crippen LogP contribution in [-0.2, 0) is 25.3 Å². The van der Waals surface area contributed by atoms with Crippen molar-refractivity contribution in [2.45, 2.75) is 58.0 Å². The van der Waals surface area contributed by atoms with Crippen LogP contribution in [0.4, 0.5) is 4.79 Å². The minimum absolute atomic E-state index is 0.0266. The van der Waals surface area contributed by atoms with Crippen molar-refractivity contribution in [1.29, 1.82) is 0 Å². The zero-order valence-corrected chi connectivity index (χ0v) is 18.6. The summed E-state index contributed by atoms with van der Waals surface area (Å²) in [4.78, 5) is 26.2. The normalized spacial score (nSPS) is 21.8. The molecular formula is C24H31NO6. The molecule has 7 heteroatoms. The third-order valence-corrected chi connectivity index (χ3v) is 5.95. The van der Waals surface area contributed by atoms with Gasteiger partial charge in [-0.15, -0.1) is 0 Å². The Morgan fingerprint density at radius 2 is 1.84 bits per heavy atom. The van der Waals surface area contributed by atoms with E-state index in [0.29, 0.717) is 41.8 Å². The van der Waals surface area contributed by atoms with Gasteiger partial charge in [0.1, 0.15) is 11.4 Å². The summed E-state index contributed by atoms with van der Waals surface area (Å²) in [6.45, 7) is 8.27. The number of carbonyl (C=O) groups excluding carboxylic acids is 2. The summed E-state index contributed by atoms with van der Waals surface area (Å²) in [6, 6.07) is 3.38. The van der Waals surface area contributed by atoms with Gasteiger partial charge in [0, 0.05) is 17.7 Å². The number of hydrogen-bond donors (Lipinski definition) is 2. The third-order valence-electron chi connectivity index (χ3n) is 5.95. The summed E-state index contributed by atoms with van der Waals surface area (Å²) in [5, 5.41) is 22.5. The molecular weight excluding hydrogens is 398 g/mol. The lowest BCUT2D eigenvalue weighted by Crippen LogP contribution is -2.40. The minimum atomic E-state index is -1.47. The number of rotatable bonds is 5. The van der Waals surface area contributed by atoms with Gasteiger partial charge in [-0.2, -0.15) is 0 Å². The first-order valence-electron chi connectivity index (χ1n) is 10.7. The van der Waals surface area contributed by atoms with Gasteiger partial charge in [0.15, 0.2) is 0 Å². The van der Waals surface area contributed by atoms with Crippen molar-refractivity contribution >= 4 is 17.8 Å². The molecule has 0 radical (unpaired) electrons. The molecule has 3 rings (SSSR count). The van der Waals surface area contributed by atoms with Crippen molar-refractivity contribution < 1.29 is 29.3 Å². The number of phenolic OH excluding ortho intramolecular Hbond substituents is 1. The predicted octanol–water partition coefficient (Wildman–Crippen LogP) is 3.97. The lowest BCUT2D eigenvalue weighted by Gasteiger charge is -2.42. The molecule has 1 atom stereocenters. The van der Waals surface area contributed by atoms with E-state index in [4.69, 9.17) is 9.47 Å². The second-order valence-corrected chi connectivity index (χ2v) is 8.60. The maximum Gasteiger partial charge on any atom is 0.414 e. The fourth-order valence-corrected chi connectivity index (χ4v) is 4.41. The summed E-state index contributed by atoms with van der Waals surface area (Å²) in [5.74, 6) is -0.465. The molecule has 0 bridgehead atoms. The maximum absolute atomic E-state index is 12.5. The van der Waals surface area contributed by atoms with Crippen molar-refractivity contribution in [3.8, 4) is 5.75 Å². The van der Waals surface area contributed by atoms with Crippen molar-refractivity contribution in [1.82, 2.24) is 4.90 Å². The van der Waals surface area contributed by atoms with Crippen LogP contribution in [0.3, 0.4) is 0 Å². The molecule has 1 aromatic rings. The van der Waals surface area contributed by atoms with Gasteiger partial charge < -0.3 is 19.7 Å². The summed E-state index contributed by atoms with van der Waals surface area (Å²) < 4.78 is 10.2. The molecule has 7 nitrogen and oxygen atoms in total. The lowest BCUT2D eigenvalue weighted by atomic mass is 9.65. The Labute approximate surface area is 183 Å². The highest BCUT2D eigenvalue weighted by Gasteiger charge is 2.45. The van der Waals surface area contributed by atoms with E-state index in [-0.39, 0.29) is 30.8 Å². The van der Waals surface area contributed by atoms with Crippen LogP contribution in [0.2, 0.25) is 0 Å². The molecule has 1 amide bonds. The Hall–Kier alpha value is -2.80. The number of nitrogens with zero attached hydrogens (tertiary/aromatic N) is 1. The molecule has 1 heterocycles. The summed E-state index contributed by atoms with van der Waals surface area (Å²) in [7, 11) is 0. The smallest absolute Gasteiger partial charge is 0.414 e. The average molecular weight is 430 g/mol. The van der Waals surface area contributed by atoms with Crippen LogP contribution in [0, 0.1) is 0 Å². The van der Waals surface area contributed by atoms with Gasteiger partial charge in [-0.25, -0.2) is 4.79 Å². The Kier molecular flexibility index (Phi) is 6.46. The van der Waals surface area contributed by atoms with E-state index >= 15 is 0 Å². The number of hydrogen-bond acceptors (Lipinski definition) is 6. The van der Waals surface area contributed by atoms with E-state index in [0.717, 1.165) is 0 Å². The number of carbonyl (C=O) groups is 2. The van der Waals surface area contributed by atoms with Gasteiger partial charge >= 0.3 is 12.1 Å². The summed E-state index contributed by atoms with van der Waals surface area (Å²) in [6.07, 6.45) is 5.69. The van der Waals surface area contributed by atoms with Crippen LogP contribution in [0.25, 0.3) is 5.70 Å². The van der Waals surface area contributed by atoms with Gasteiger partial charge in [0.05, 0.1) is 25.3 Å². The molecule has 2 aliphatic rings. The van der Waals surface area contributed by atoms with E-state index < -0.39 is 17.7 Å². The number of aromatic hydroxyl groups is 1. The third kappa shape index (κ3) is 4.46. The number of aliphatic hydroxyl groups is 1. The predicted molar refractivity (Wildman–Crippen MR) is 116 cm³/mol. The van der Waals surface area contributed by atoms with Gasteiger partial charge in [0.25, 0.3) is 0 Å². The van der Waals surface area contributed by atoms with E-state index in [1.165, 1.54) is 4.90 Å². The van der Waals surface area contributed by atoms with Crippen molar-refractivity contribution in [3.05, 3.63) is 47.1 Å². The summed E-state index contributed by atoms with van der Waals surface area (Å²) >= 11 is 0. The summed E-state index contributed by atoms with van der Waals surface area (Å²) in [5.41, 5.74) is 0.370. The molecule has 1 unspecified atom stereocenters. The zero-order chi connectivity index (χ0) is 22.8. The van der Waals surface area contributed by atoms with Gasteiger partial charge in [-0.05, 0) is 55.9 Å². The van der Waals surface area contributed by atoms with Gasteiger partial charge in [-0.1, -0.05) is 26.0 Å². The lowest BCUT2D eigenvalue weighted by molar-refractivity contribution is -0.150. The molecule has 1 aliphatic carbocycles. The van der Waals surface area contributed by atoms with Crippen LogP contribution in [0.5, 0.6) is 5.75 Å². The van der Waals surface area contributed by atoms with Crippen molar-refractivity contribution in [2.24, 2.45) is 0 Å². The highest BCUT2D eigenvalue weighted by atomic mass is 16.6. The highest BCUT2D eigenvalue weighted by Crippen LogP contribution is 2.50. The molecule has 31 heavy (non-hydrogen) atoms. The van der Waals surface area contributed by atoms with Crippen LogP contribution in [0.1, 0.15) is 63.6 Å². The molecule has 1 aromatic carbocycles. The highest BCUT2D eigenvalue weighted by molar-refractivity contribution is 5.84. The SMILES string of the molecule is CCOC(=O)CC1(O)CCC(C)(C)c2c(O)cc(C3=CC=CCN3C(=O)OCC)cc21. The fourth-order valence-electron chi connectivity index (χ4n) is 4.41. The molecule has 168 valence electrons. The molecule has 2 N–H and O–H groups in total. The molecule has 0 saturated carbocycles. The Balaban J connectivity index is 2.12. The first kappa shape index (κ1) is 22.9. The Bertz CT molecular complexity index is 932. The second kappa shape index (κ2) is 8.75. The first-order valence-corrected chi connectivity index (χ1v) is 10.7. The number of amides is 1. The number of fused-ring (bicyclic) bond motifs is 1. The fraction of sp³-hybridized carbons (Fsp3) is 0.500. The molecule has 0 saturated heterocycles. The van der Waals surface area contributed by atoms with Crippen LogP contribution in [0.15, 0.2) is 30.4 Å². The van der Waals surface area contributed by atoms with Crippen molar-refractivity contribution in [2.75, 3.05) is 19.8 Å². The van der Waals surface area contributed by atoms with Crippen LogP contribution >= 0.6 is 0 Å². The zero-order valence-electron chi connectivity index (χ0n) is 18.6. The number of allylic oxidation sites excluding steroid dienone is 2. The second-order valence-electron chi connectivity index (χ2n) is 8.60. The number of esters is 1. The molecule has 0 fully saturated rings. The minimum Gasteiger partial charge on any atom is -0.508 e. The Morgan fingerprint density at radius 3 is 2.52 bits per heavy atom.